The molecule has 2 unspecified atom stereocenters. The highest BCUT2D eigenvalue weighted by atomic mass is 32.1. The Morgan fingerprint density at radius 1 is 1.27 bits per heavy atom. The summed E-state index contributed by atoms with van der Waals surface area (Å²) in [6.45, 7) is 7.87. The Morgan fingerprint density at radius 2 is 2.07 bits per heavy atom. The molecular weight excluding hydrogens is 396 g/mol. The first-order chi connectivity index (χ1) is 14.5. The monoisotopic (exact) mass is 430 g/mol. The first-order valence-corrected chi connectivity index (χ1v) is 11.6. The zero-order valence-corrected chi connectivity index (χ0v) is 19.0. The maximum Gasteiger partial charge on any atom is 0.191 e. The van der Waals surface area contributed by atoms with Crippen LogP contribution >= 0.6 is 11.3 Å². The summed E-state index contributed by atoms with van der Waals surface area (Å²) in [6.07, 6.45) is 2.47. The molecular formula is C23H34N4O2S. The molecule has 1 aliphatic rings. The molecule has 0 aliphatic carbocycles. The lowest BCUT2D eigenvalue weighted by Crippen LogP contribution is -2.43. The highest BCUT2D eigenvalue weighted by molar-refractivity contribution is 7.10. The molecule has 1 aromatic heterocycles. The summed E-state index contributed by atoms with van der Waals surface area (Å²) in [5, 5.41) is 19.6. The highest BCUT2D eigenvalue weighted by Crippen LogP contribution is 2.27. The van der Waals surface area contributed by atoms with Crippen molar-refractivity contribution in [1.82, 2.24) is 15.5 Å². The summed E-state index contributed by atoms with van der Waals surface area (Å²) in [4.78, 5) is 8.12. The number of benzene rings is 1. The Kier molecular flexibility index (Phi) is 8.13. The van der Waals surface area contributed by atoms with Crippen molar-refractivity contribution in [1.29, 1.82) is 0 Å². The number of hydrogen-bond acceptors (Lipinski definition) is 5. The Balaban J connectivity index is 1.72. The number of nitrogens with zero attached hydrogens (tertiary/aromatic N) is 2. The van der Waals surface area contributed by atoms with Crippen molar-refractivity contribution >= 4 is 17.3 Å². The number of guanidine groups is 1. The normalized spacial score (nSPS) is 18.1. The third-order valence-electron chi connectivity index (χ3n) is 5.46. The average Bonchev–Trinajstić information content (AvgIpc) is 3.47. The van der Waals surface area contributed by atoms with E-state index in [1.807, 2.05) is 30.5 Å². The van der Waals surface area contributed by atoms with Crippen LogP contribution in [0, 0.1) is 0 Å². The van der Waals surface area contributed by atoms with E-state index >= 15 is 0 Å². The van der Waals surface area contributed by atoms with Crippen LogP contribution < -0.4 is 15.4 Å². The van der Waals surface area contributed by atoms with Gasteiger partial charge in [-0.3, -0.25) is 4.90 Å². The van der Waals surface area contributed by atoms with Gasteiger partial charge < -0.3 is 20.5 Å². The topological polar surface area (TPSA) is 69.1 Å². The second kappa shape index (κ2) is 10.8. The minimum Gasteiger partial charge on any atom is -0.497 e. The van der Waals surface area contributed by atoms with Crippen LogP contribution in [0.15, 0.2) is 46.8 Å². The fraction of sp³-hybridized carbons (Fsp3) is 0.522. The molecule has 1 aromatic carbocycles. The van der Waals surface area contributed by atoms with Crippen LogP contribution in [0.2, 0.25) is 0 Å². The van der Waals surface area contributed by atoms with Crippen LogP contribution in [0.4, 0.5) is 0 Å². The van der Waals surface area contributed by atoms with Gasteiger partial charge in [-0.2, -0.15) is 0 Å². The number of methoxy groups -OCH3 is 1. The molecule has 164 valence electrons. The fourth-order valence-electron chi connectivity index (χ4n) is 3.79. The quantitative estimate of drug-likeness (QED) is 0.420. The number of likely N-dealkylation sites (tertiary alicyclic amines) is 1. The lowest BCUT2D eigenvalue weighted by molar-refractivity contribution is 0.0711. The molecule has 1 saturated heterocycles. The summed E-state index contributed by atoms with van der Waals surface area (Å²) >= 11 is 1.55. The molecule has 6 nitrogen and oxygen atoms in total. The highest BCUT2D eigenvalue weighted by Gasteiger charge is 2.26. The van der Waals surface area contributed by atoms with E-state index in [0.29, 0.717) is 6.54 Å². The van der Waals surface area contributed by atoms with E-state index in [1.165, 1.54) is 18.4 Å². The molecule has 7 heteroatoms. The summed E-state index contributed by atoms with van der Waals surface area (Å²) < 4.78 is 5.44. The van der Waals surface area contributed by atoms with Gasteiger partial charge in [0.15, 0.2) is 5.96 Å². The predicted octanol–water partition coefficient (Wildman–Crippen LogP) is 3.36. The number of nitrogens with one attached hydrogen (secondary N) is 2. The van der Waals surface area contributed by atoms with Gasteiger partial charge in [0.05, 0.1) is 19.7 Å². The lowest BCUT2D eigenvalue weighted by atomic mass is 10.0. The third kappa shape index (κ3) is 5.97. The molecule has 1 fully saturated rings. The summed E-state index contributed by atoms with van der Waals surface area (Å²) in [5.74, 6) is 1.60. The first-order valence-electron chi connectivity index (χ1n) is 10.7. The fourth-order valence-corrected chi connectivity index (χ4v) is 4.57. The predicted molar refractivity (Wildman–Crippen MR) is 124 cm³/mol. The zero-order valence-electron chi connectivity index (χ0n) is 18.2. The Hall–Kier alpha value is -2.09. The van der Waals surface area contributed by atoms with Gasteiger partial charge in [-0.1, -0.05) is 18.2 Å². The minimum absolute atomic E-state index is 0.240. The Labute approximate surface area is 184 Å². The third-order valence-corrected chi connectivity index (χ3v) is 6.59. The van der Waals surface area contributed by atoms with Gasteiger partial charge in [0.1, 0.15) is 11.4 Å². The molecule has 3 N–H and O–H groups in total. The van der Waals surface area contributed by atoms with Crippen molar-refractivity contribution in [2.75, 3.05) is 39.8 Å². The minimum atomic E-state index is -0.975. The number of rotatable bonds is 9. The molecule has 1 aliphatic heterocycles. The summed E-state index contributed by atoms with van der Waals surface area (Å²) in [7, 11) is 1.71. The van der Waals surface area contributed by atoms with Gasteiger partial charge in [0, 0.05) is 18.0 Å². The van der Waals surface area contributed by atoms with Crippen molar-refractivity contribution in [3.05, 3.63) is 52.2 Å². The van der Waals surface area contributed by atoms with Crippen molar-refractivity contribution in [2.24, 2.45) is 4.99 Å². The number of thiophene rings is 1. The lowest BCUT2D eigenvalue weighted by Gasteiger charge is -2.29. The molecule has 2 atom stereocenters. The largest absolute Gasteiger partial charge is 0.497 e. The van der Waals surface area contributed by atoms with Crippen LogP contribution in [-0.2, 0) is 5.60 Å². The Morgan fingerprint density at radius 3 is 2.73 bits per heavy atom. The van der Waals surface area contributed by atoms with Crippen molar-refractivity contribution in [3.8, 4) is 5.75 Å². The zero-order chi connectivity index (χ0) is 21.4. The molecule has 0 amide bonds. The number of aliphatic imine (C=N–C) groups is 1. The van der Waals surface area contributed by atoms with E-state index in [-0.39, 0.29) is 6.04 Å². The van der Waals surface area contributed by atoms with Gasteiger partial charge in [-0.05, 0) is 68.9 Å². The Bertz CT molecular complexity index is 801. The van der Waals surface area contributed by atoms with Crippen LogP contribution in [0.1, 0.15) is 43.2 Å². The molecule has 30 heavy (non-hydrogen) atoms. The van der Waals surface area contributed by atoms with Crippen LogP contribution in [0.25, 0.3) is 0 Å². The van der Waals surface area contributed by atoms with Gasteiger partial charge in [-0.15, -0.1) is 11.3 Å². The molecule has 3 rings (SSSR count). The number of ether oxygens (including phenoxy) is 1. The van der Waals surface area contributed by atoms with E-state index in [2.05, 4.69) is 45.6 Å². The van der Waals surface area contributed by atoms with Crippen LogP contribution in [0.5, 0.6) is 5.75 Å². The number of aliphatic hydroxyl groups is 1. The average molecular weight is 431 g/mol. The maximum absolute atomic E-state index is 10.8. The van der Waals surface area contributed by atoms with Crippen molar-refractivity contribution in [2.45, 2.75) is 38.3 Å². The van der Waals surface area contributed by atoms with E-state index in [0.717, 1.165) is 42.8 Å². The standard InChI is InChI=1S/C23H34N4O2S/c1-4-24-22(26-17-23(2,28)21-11-8-14-30-21)25-16-20(27-12-5-6-13-27)18-9-7-10-19(15-18)29-3/h7-11,14-15,20,28H,4-6,12-13,16-17H2,1-3H3,(H2,24,25,26). The molecule has 0 saturated carbocycles. The molecule has 0 radical (unpaired) electrons. The van der Waals surface area contributed by atoms with Gasteiger partial charge >= 0.3 is 0 Å². The van der Waals surface area contributed by atoms with Gasteiger partial charge in [-0.25, -0.2) is 4.99 Å². The molecule has 2 heterocycles. The van der Waals surface area contributed by atoms with Crippen molar-refractivity contribution in [3.63, 3.8) is 0 Å². The van der Waals surface area contributed by atoms with E-state index in [1.54, 1.807) is 18.4 Å². The van der Waals surface area contributed by atoms with E-state index in [9.17, 15) is 5.11 Å². The summed E-state index contributed by atoms with van der Waals surface area (Å²) in [5.41, 5.74) is 0.266. The summed E-state index contributed by atoms with van der Waals surface area (Å²) in [6, 6.07) is 12.5. The smallest absolute Gasteiger partial charge is 0.191 e. The second-order valence-corrected chi connectivity index (χ2v) is 8.81. The second-order valence-electron chi connectivity index (χ2n) is 7.86. The van der Waals surface area contributed by atoms with Crippen molar-refractivity contribution < 1.29 is 9.84 Å². The maximum atomic E-state index is 10.8. The SMILES string of the molecule is CCNC(=NCC(C)(O)c1cccs1)NCC(c1cccc(OC)c1)N1CCCC1. The molecule has 0 spiro atoms. The molecule has 0 bridgehead atoms. The number of hydrogen-bond donors (Lipinski definition) is 3. The van der Waals surface area contributed by atoms with Crippen LogP contribution in [0.3, 0.4) is 0 Å². The van der Waals surface area contributed by atoms with Gasteiger partial charge in [0.2, 0.25) is 0 Å². The van der Waals surface area contributed by atoms with Crippen LogP contribution in [-0.4, -0.2) is 55.8 Å². The first kappa shape index (κ1) is 22.6. The van der Waals surface area contributed by atoms with E-state index in [4.69, 9.17) is 4.74 Å². The van der Waals surface area contributed by atoms with Gasteiger partial charge in [0.25, 0.3) is 0 Å². The molecule has 2 aromatic rings. The van der Waals surface area contributed by atoms with E-state index < -0.39 is 5.60 Å².